The molecule has 0 atom stereocenters. The third-order valence-electron chi connectivity index (χ3n) is 2.11. The first kappa shape index (κ1) is 14.0. The quantitative estimate of drug-likeness (QED) is 0.870. The molecule has 0 saturated heterocycles. The van der Waals surface area contributed by atoms with E-state index in [0.29, 0.717) is 10.2 Å². The van der Waals surface area contributed by atoms with E-state index < -0.39 is 16.0 Å². The number of sulfonamides is 1. The van der Waals surface area contributed by atoms with Crippen LogP contribution < -0.4 is 4.72 Å². The molecule has 2 rings (SSSR count). The van der Waals surface area contributed by atoms with Gasteiger partial charge in [0.15, 0.2) is 0 Å². The van der Waals surface area contributed by atoms with Crippen LogP contribution in [0.25, 0.3) is 0 Å². The summed E-state index contributed by atoms with van der Waals surface area (Å²) < 4.78 is 26.9. The predicted octanol–water partition coefficient (Wildman–Crippen LogP) is 2.40. The normalized spacial score (nSPS) is 11.2. The summed E-state index contributed by atoms with van der Waals surface area (Å²) >= 11 is 4.03. The van der Waals surface area contributed by atoms with E-state index in [1.165, 1.54) is 23.8 Å². The average Bonchev–Trinajstić information content (AvgIpc) is 2.82. The minimum atomic E-state index is -3.81. The first-order valence-electron chi connectivity index (χ1n) is 4.84. The standard InChI is InChI=1S/C10H7BrN2O4S2/c11-7-4-12-2-1-8(7)13-19(16,17)6-3-9(10(14)15)18-5-6/h1-5H,(H,12,13)(H,14,15). The maximum atomic E-state index is 12.1. The Kier molecular flexibility index (Phi) is 3.88. The van der Waals surface area contributed by atoms with Crippen molar-refractivity contribution < 1.29 is 18.3 Å². The molecule has 2 aromatic heterocycles. The van der Waals surface area contributed by atoms with Crippen molar-refractivity contribution in [2.24, 2.45) is 0 Å². The second-order valence-electron chi connectivity index (χ2n) is 3.41. The fourth-order valence-corrected chi connectivity index (χ4v) is 3.91. The molecule has 0 fully saturated rings. The summed E-state index contributed by atoms with van der Waals surface area (Å²) in [6, 6.07) is 2.61. The van der Waals surface area contributed by atoms with Gasteiger partial charge in [-0.25, -0.2) is 13.2 Å². The molecule has 0 aliphatic carbocycles. The molecule has 0 saturated carbocycles. The highest BCUT2D eigenvalue weighted by Gasteiger charge is 2.19. The molecule has 2 aromatic rings. The van der Waals surface area contributed by atoms with Crippen LogP contribution >= 0.6 is 27.3 Å². The molecule has 2 N–H and O–H groups in total. The van der Waals surface area contributed by atoms with Gasteiger partial charge >= 0.3 is 5.97 Å². The van der Waals surface area contributed by atoms with E-state index in [9.17, 15) is 13.2 Å². The molecule has 0 spiro atoms. The number of carboxylic acids is 1. The van der Waals surface area contributed by atoms with Crippen LogP contribution in [0, 0.1) is 0 Å². The number of carbonyl (C=O) groups is 1. The Balaban J connectivity index is 2.32. The van der Waals surface area contributed by atoms with E-state index in [1.54, 1.807) is 0 Å². The number of nitrogens with zero attached hydrogens (tertiary/aromatic N) is 1. The van der Waals surface area contributed by atoms with E-state index in [2.05, 4.69) is 25.6 Å². The third kappa shape index (κ3) is 3.11. The minimum absolute atomic E-state index is 0.0332. The smallest absolute Gasteiger partial charge is 0.345 e. The second-order valence-corrected chi connectivity index (χ2v) is 6.86. The Labute approximate surface area is 121 Å². The lowest BCUT2D eigenvalue weighted by molar-refractivity contribution is 0.0702. The molecule has 0 aromatic carbocycles. The van der Waals surface area contributed by atoms with Crippen LogP contribution in [0.3, 0.4) is 0 Å². The zero-order chi connectivity index (χ0) is 14.0. The van der Waals surface area contributed by atoms with Gasteiger partial charge in [0.25, 0.3) is 10.0 Å². The van der Waals surface area contributed by atoms with E-state index in [0.717, 1.165) is 17.4 Å². The molecule has 0 aliphatic rings. The van der Waals surface area contributed by atoms with Gasteiger partial charge in [-0.2, -0.15) is 0 Å². The van der Waals surface area contributed by atoms with Crippen LogP contribution in [-0.4, -0.2) is 24.5 Å². The fourth-order valence-electron chi connectivity index (χ4n) is 1.23. The first-order valence-corrected chi connectivity index (χ1v) is 8.00. The maximum Gasteiger partial charge on any atom is 0.345 e. The number of thiophene rings is 1. The topological polar surface area (TPSA) is 96.4 Å². The average molecular weight is 363 g/mol. The Morgan fingerprint density at radius 2 is 2.21 bits per heavy atom. The van der Waals surface area contributed by atoms with Gasteiger partial charge in [0.2, 0.25) is 0 Å². The fraction of sp³-hybridized carbons (Fsp3) is 0. The number of rotatable bonds is 4. The lowest BCUT2D eigenvalue weighted by Gasteiger charge is -2.07. The van der Waals surface area contributed by atoms with Gasteiger partial charge in [-0.05, 0) is 28.1 Å². The molecule has 0 aliphatic heterocycles. The summed E-state index contributed by atoms with van der Waals surface area (Å²) in [7, 11) is -3.81. The third-order valence-corrected chi connectivity index (χ3v) is 5.16. The SMILES string of the molecule is O=C(O)c1cc(S(=O)(=O)Nc2ccncc2Br)cs1. The van der Waals surface area contributed by atoms with Gasteiger partial charge in [-0.3, -0.25) is 9.71 Å². The first-order chi connectivity index (χ1) is 8.90. The number of aromatic carboxylic acids is 1. The number of nitrogens with one attached hydrogen (secondary N) is 1. The Hall–Kier alpha value is -1.45. The van der Waals surface area contributed by atoms with Gasteiger partial charge in [-0.1, -0.05) is 0 Å². The second kappa shape index (κ2) is 5.27. The summed E-state index contributed by atoms with van der Waals surface area (Å²) in [6.07, 6.45) is 2.90. The van der Waals surface area contributed by atoms with Gasteiger partial charge in [0, 0.05) is 17.8 Å². The van der Waals surface area contributed by atoms with Crippen molar-refractivity contribution in [3.8, 4) is 0 Å². The summed E-state index contributed by atoms with van der Waals surface area (Å²) in [6.45, 7) is 0. The van der Waals surface area contributed by atoms with Crippen LogP contribution in [0.1, 0.15) is 9.67 Å². The van der Waals surface area contributed by atoms with Crippen molar-refractivity contribution in [3.05, 3.63) is 39.3 Å². The van der Waals surface area contributed by atoms with Crippen molar-refractivity contribution in [2.75, 3.05) is 4.72 Å². The van der Waals surface area contributed by atoms with Crippen molar-refractivity contribution in [2.45, 2.75) is 4.90 Å². The summed E-state index contributed by atoms with van der Waals surface area (Å²) in [5.74, 6) is -1.16. The highest BCUT2D eigenvalue weighted by molar-refractivity contribution is 9.10. The summed E-state index contributed by atoms with van der Waals surface area (Å²) in [5.41, 5.74) is 0.332. The lowest BCUT2D eigenvalue weighted by Crippen LogP contribution is -2.12. The van der Waals surface area contributed by atoms with Gasteiger partial charge in [0.1, 0.15) is 4.88 Å². The van der Waals surface area contributed by atoms with Gasteiger partial charge < -0.3 is 5.11 Å². The van der Waals surface area contributed by atoms with Crippen molar-refractivity contribution >= 4 is 48.9 Å². The molecule has 19 heavy (non-hydrogen) atoms. The van der Waals surface area contributed by atoms with Gasteiger partial charge in [0.05, 0.1) is 15.1 Å². The zero-order valence-electron chi connectivity index (χ0n) is 9.20. The van der Waals surface area contributed by atoms with Crippen LogP contribution in [0.5, 0.6) is 0 Å². The number of aromatic nitrogens is 1. The van der Waals surface area contributed by atoms with Crippen molar-refractivity contribution in [1.82, 2.24) is 4.98 Å². The number of hydrogen-bond donors (Lipinski definition) is 2. The molecule has 6 nitrogen and oxygen atoms in total. The zero-order valence-corrected chi connectivity index (χ0v) is 12.4. The highest BCUT2D eigenvalue weighted by atomic mass is 79.9. The largest absolute Gasteiger partial charge is 0.477 e. The molecule has 0 bridgehead atoms. The monoisotopic (exact) mass is 362 g/mol. The summed E-state index contributed by atoms with van der Waals surface area (Å²) in [5, 5.41) is 10.1. The molecule has 0 amide bonds. The van der Waals surface area contributed by atoms with E-state index in [4.69, 9.17) is 5.11 Å². The number of pyridine rings is 1. The van der Waals surface area contributed by atoms with Crippen molar-refractivity contribution in [3.63, 3.8) is 0 Å². The van der Waals surface area contributed by atoms with E-state index in [1.807, 2.05) is 0 Å². The number of hydrogen-bond acceptors (Lipinski definition) is 5. The number of anilines is 1. The lowest BCUT2D eigenvalue weighted by atomic mass is 10.4. The minimum Gasteiger partial charge on any atom is -0.477 e. The van der Waals surface area contributed by atoms with Crippen LogP contribution in [-0.2, 0) is 10.0 Å². The molecule has 100 valence electrons. The molecule has 2 heterocycles. The highest BCUT2D eigenvalue weighted by Crippen LogP contribution is 2.25. The Bertz CT molecular complexity index is 727. The number of halogens is 1. The van der Waals surface area contributed by atoms with Crippen LogP contribution in [0.4, 0.5) is 5.69 Å². The van der Waals surface area contributed by atoms with Crippen LogP contribution in [0.15, 0.2) is 39.3 Å². The van der Waals surface area contributed by atoms with E-state index in [-0.39, 0.29) is 9.77 Å². The predicted molar refractivity (Wildman–Crippen MR) is 74.0 cm³/mol. The molecule has 0 radical (unpaired) electrons. The Morgan fingerprint density at radius 3 is 2.79 bits per heavy atom. The molecular formula is C10H7BrN2O4S2. The number of carboxylic acid groups (broad SMARTS) is 1. The van der Waals surface area contributed by atoms with Gasteiger partial charge in [-0.15, -0.1) is 11.3 Å². The maximum absolute atomic E-state index is 12.1. The molecular weight excluding hydrogens is 356 g/mol. The molecule has 0 unspecified atom stereocenters. The van der Waals surface area contributed by atoms with Crippen molar-refractivity contribution in [1.29, 1.82) is 0 Å². The van der Waals surface area contributed by atoms with Crippen LogP contribution in [0.2, 0.25) is 0 Å². The Morgan fingerprint density at radius 1 is 1.47 bits per heavy atom. The van der Waals surface area contributed by atoms with E-state index >= 15 is 0 Å². The molecule has 9 heteroatoms. The summed E-state index contributed by atoms with van der Waals surface area (Å²) in [4.78, 5) is 14.4.